The SMILES string of the molecule is CCC1(c2ccccc2)CC1(Cl)Cl. The first-order chi connectivity index (χ1) is 6.12. The lowest BCUT2D eigenvalue weighted by Gasteiger charge is -2.15. The topological polar surface area (TPSA) is 0 Å². The fourth-order valence-corrected chi connectivity index (χ4v) is 2.93. The highest BCUT2D eigenvalue weighted by atomic mass is 35.5. The van der Waals surface area contributed by atoms with Crippen molar-refractivity contribution >= 4 is 23.2 Å². The predicted molar refractivity (Wildman–Crippen MR) is 57.5 cm³/mol. The highest BCUT2D eigenvalue weighted by Crippen LogP contribution is 2.66. The number of hydrogen-bond donors (Lipinski definition) is 0. The minimum atomic E-state index is -0.539. The Morgan fingerprint density at radius 1 is 1.23 bits per heavy atom. The molecule has 1 atom stereocenters. The second-order valence-corrected chi connectivity index (χ2v) is 5.17. The summed E-state index contributed by atoms with van der Waals surface area (Å²) >= 11 is 12.3. The van der Waals surface area contributed by atoms with Gasteiger partial charge in [-0.2, -0.15) is 0 Å². The second kappa shape index (κ2) is 2.90. The third-order valence-electron chi connectivity index (χ3n) is 3.03. The zero-order chi connectivity index (χ0) is 9.53. The lowest BCUT2D eigenvalue weighted by molar-refractivity contribution is 0.654. The lowest BCUT2D eigenvalue weighted by Crippen LogP contribution is -2.13. The number of benzene rings is 1. The van der Waals surface area contributed by atoms with Crippen LogP contribution in [0.25, 0.3) is 0 Å². The zero-order valence-corrected chi connectivity index (χ0v) is 9.07. The first-order valence-electron chi connectivity index (χ1n) is 4.56. The van der Waals surface area contributed by atoms with Crippen molar-refractivity contribution in [1.29, 1.82) is 0 Å². The van der Waals surface area contributed by atoms with Crippen molar-refractivity contribution in [2.24, 2.45) is 0 Å². The molecule has 0 spiro atoms. The van der Waals surface area contributed by atoms with Crippen LogP contribution in [0.4, 0.5) is 0 Å². The molecule has 0 aliphatic heterocycles. The number of rotatable bonds is 2. The average molecular weight is 215 g/mol. The molecule has 2 heteroatoms. The third-order valence-corrected chi connectivity index (χ3v) is 4.02. The maximum atomic E-state index is 6.16. The van der Waals surface area contributed by atoms with E-state index in [4.69, 9.17) is 23.2 Å². The smallest absolute Gasteiger partial charge is 0.101 e. The van der Waals surface area contributed by atoms with Crippen molar-refractivity contribution in [2.75, 3.05) is 0 Å². The number of alkyl halides is 2. The molecule has 1 aromatic rings. The molecule has 13 heavy (non-hydrogen) atoms. The fourth-order valence-electron chi connectivity index (χ4n) is 1.99. The van der Waals surface area contributed by atoms with E-state index in [0.29, 0.717) is 0 Å². The fraction of sp³-hybridized carbons (Fsp3) is 0.455. The normalized spacial score (nSPS) is 30.1. The van der Waals surface area contributed by atoms with Gasteiger partial charge in [-0.1, -0.05) is 37.3 Å². The summed E-state index contributed by atoms with van der Waals surface area (Å²) < 4.78 is -0.539. The molecule has 1 aliphatic carbocycles. The molecule has 0 amide bonds. The second-order valence-electron chi connectivity index (χ2n) is 3.68. The van der Waals surface area contributed by atoms with Crippen LogP contribution in [0.1, 0.15) is 25.3 Å². The Morgan fingerprint density at radius 2 is 1.77 bits per heavy atom. The van der Waals surface area contributed by atoms with Crippen LogP contribution in [0, 0.1) is 0 Å². The van der Waals surface area contributed by atoms with E-state index < -0.39 is 4.33 Å². The number of halogens is 2. The molecule has 0 nitrogen and oxygen atoms in total. The summed E-state index contributed by atoms with van der Waals surface area (Å²) in [6.07, 6.45) is 1.88. The molecule has 1 saturated carbocycles. The van der Waals surface area contributed by atoms with E-state index >= 15 is 0 Å². The first-order valence-corrected chi connectivity index (χ1v) is 5.31. The van der Waals surface area contributed by atoms with E-state index in [1.165, 1.54) is 5.56 Å². The summed E-state index contributed by atoms with van der Waals surface area (Å²) in [6, 6.07) is 10.3. The summed E-state index contributed by atoms with van der Waals surface area (Å²) in [5, 5.41) is 0. The van der Waals surface area contributed by atoms with Gasteiger partial charge in [0, 0.05) is 5.41 Å². The lowest BCUT2D eigenvalue weighted by atomic mass is 9.93. The van der Waals surface area contributed by atoms with E-state index in [2.05, 4.69) is 19.1 Å². The molecular formula is C11H12Cl2. The van der Waals surface area contributed by atoms with Gasteiger partial charge in [0.1, 0.15) is 4.33 Å². The summed E-state index contributed by atoms with van der Waals surface area (Å²) in [5.41, 5.74) is 1.28. The van der Waals surface area contributed by atoms with Crippen LogP contribution >= 0.6 is 23.2 Å². The van der Waals surface area contributed by atoms with Crippen molar-refractivity contribution in [2.45, 2.75) is 29.5 Å². The molecule has 0 aromatic heterocycles. The molecule has 1 aliphatic rings. The van der Waals surface area contributed by atoms with Crippen molar-refractivity contribution in [3.8, 4) is 0 Å². The van der Waals surface area contributed by atoms with Gasteiger partial charge < -0.3 is 0 Å². The molecule has 70 valence electrons. The molecule has 0 saturated heterocycles. The zero-order valence-electron chi connectivity index (χ0n) is 7.56. The molecule has 0 N–H and O–H groups in total. The molecule has 1 fully saturated rings. The highest BCUT2D eigenvalue weighted by Gasteiger charge is 2.65. The van der Waals surface area contributed by atoms with Gasteiger partial charge in [-0.25, -0.2) is 0 Å². The average Bonchev–Trinajstić information content (AvgIpc) is 2.72. The monoisotopic (exact) mass is 214 g/mol. The minimum absolute atomic E-state index is 0.0113. The van der Waals surface area contributed by atoms with Gasteiger partial charge in [0.05, 0.1) is 0 Å². The third kappa shape index (κ3) is 1.28. The maximum absolute atomic E-state index is 6.16. The Morgan fingerprint density at radius 3 is 2.15 bits per heavy atom. The maximum Gasteiger partial charge on any atom is 0.128 e. The van der Waals surface area contributed by atoms with Crippen LogP contribution in [0.2, 0.25) is 0 Å². The molecule has 2 rings (SSSR count). The van der Waals surface area contributed by atoms with E-state index in [-0.39, 0.29) is 5.41 Å². The van der Waals surface area contributed by atoms with Crippen LogP contribution in [0.3, 0.4) is 0 Å². The highest BCUT2D eigenvalue weighted by molar-refractivity contribution is 6.52. The molecule has 1 unspecified atom stereocenters. The molecule has 0 heterocycles. The van der Waals surface area contributed by atoms with Crippen LogP contribution < -0.4 is 0 Å². The predicted octanol–water partition coefficient (Wildman–Crippen LogP) is 3.91. The molecular weight excluding hydrogens is 203 g/mol. The quantitative estimate of drug-likeness (QED) is 0.656. The molecule has 1 aromatic carbocycles. The summed E-state index contributed by atoms with van der Waals surface area (Å²) in [6.45, 7) is 2.14. The van der Waals surface area contributed by atoms with Gasteiger partial charge in [0.25, 0.3) is 0 Å². The first kappa shape index (κ1) is 9.36. The van der Waals surface area contributed by atoms with Crippen LogP contribution in [0.15, 0.2) is 30.3 Å². The Hall–Kier alpha value is -0.200. The van der Waals surface area contributed by atoms with E-state index in [0.717, 1.165) is 12.8 Å². The van der Waals surface area contributed by atoms with Gasteiger partial charge in [-0.3, -0.25) is 0 Å². The minimum Gasteiger partial charge on any atom is -0.101 e. The largest absolute Gasteiger partial charge is 0.128 e. The summed E-state index contributed by atoms with van der Waals surface area (Å²) in [5.74, 6) is 0. The van der Waals surface area contributed by atoms with Gasteiger partial charge in [-0.15, -0.1) is 23.2 Å². The van der Waals surface area contributed by atoms with Crippen LogP contribution in [0.5, 0.6) is 0 Å². The Labute approximate surface area is 88.9 Å². The molecule has 0 radical (unpaired) electrons. The van der Waals surface area contributed by atoms with Crippen LogP contribution in [-0.2, 0) is 5.41 Å². The van der Waals surface area contributed by atoms with Crippen molar-refractivity contribution in [1.82, 2.24) is 0 Å². The Balaban J connectivity index is 2.37. The van der Waals surface area contributed by atoms with Crippen molar-refractivity contribution in [3.05, 3.63) is 35.9 Å². The van der Waals surface area contributed by atoms with E-state index in [9.17, 15) is 0 Å². The van der Waals surface area contributed by atoms with E-state index in [1.807, 2.05) is 18.2 Å². The van der Waals surface area contributed by atoms with E-state index in [1.54, 1.807) is 0 Å². The standard InChI is InChI=1S/C11H12Cl2/c1-2-10(8-11(10,12)13)9-6-4-3-5-7-9/h3-7H,2,8H2,1H3. The Kier molecular flexibility index (Phi) is 2.08. The van der Waals surface area contributed by atoms with Crippen molar-refractivity contribution < 1.29 is 0 Å². The van der Waals surface area contributed by atoms with Crippen LogP contribution in [-0.4, -0.2) is 4.33 Å². The van der Waals surface area contributed by atoms with Gasteiger partial charge in [0.15, 0.2) is 0 Å². The van der Waals surface area contributed by atoms with Gasteiger partial charge in [-0.05, 0) is 18.4 Å². The van der Waals surface area contributed by atoms with Crippen molar-refractivity contribution in [3.63, 3.8) is 0 Å². The van der Waals surface area contributed by atoms with Gasteiger partial charge >= 0.3 is 0 Å². The van der Waals surface area contributed by atoms with Gasteiger partial charge in [0.2, 0.25) is 0 Å². The number of hydrogen-bond acceptors (Lipinski definition) is 0. The summed E-state index contributed by atoms with van der Waals surface area (Å²) in [7, 11) is 0. The molecule has 0 bridgehead atoms. The Bertz CT molecular complexity index is 305. The summed E-state index contributed by atoms with van der Waals surface area (Å²) in [4.78, 5) is 0.